The Morgan fingerprint density at radius 3 is 2.38 bits per heavy atom. The van der Waals surface area contributed by atoms with Crippen LogP contribution in [0.25, 0.3) is 22.4 Å². The maximum Gasteiger partial charge on any atom is 0.407 e. The van der Waals surface area contributed by atoms with Crippen LogP contribution >= 0.6 is 0 Å². The lowest BCUT2D eigenvalue weighted by molar-refractivity contribution is -0.136. The van der Waals surface area contributed by atoms with Crippen LogP contribution in [0.3, 0.4) is 0 Å². The van der Waals surface area contributed by atoms with Crippen molar-refractivity contribution in [3.05, 3.63) is 66.6 Å². The van der Waals surface area contributed by atoms with Gasteiger partial charge >= 0.3 is 6.09 Å². The van der Waals surface area contributed by atoms with Crippen molar-refractivity contribution in [3.63, 3.8) is 0 Å². The van der Waals surface area contributed by atoms with Crippen LogP contribution < -0.4 is 5.32 Å². The van der Waals surface area contributed by atoms with E-state index in [0.29, 0.717) is 5.92 Å². The van der Waals surface area contributed by atoms with Crippen LogP contribution in [0.5, 0.6) is 0 Å². The monoisotopic (exact) mass is 458 g/mol. The molecule has 5 rings (SSSR count). The molecule has 2 aliphatic rings. The van der Waals surface area contributed by atoms with E-state index in [-0.39, 0.29) is 23.9 Å². The number of likely N-dealkylation sites (tertiary alicyclic amines) is 1. The smallest absolute Gasteiger partial charge is 0.407 e. The molecule has 1 saturated carbocycles. The predicted molar refractivity (Wildman–Crippen MR) is 130 cm³/mol. The van der Waals surface area contributed by atoms with Gasteiger partial charge in [0.05, 0.1) is 25.0 Å². The number of piperidine rings is 1. The quantitative estimate of drug-likeness (QED) is 0.556. The molecule has 34 heavy (non-hydrogen) atoms. The number of alkyl carbamates (subject to hydrolysis) is 1. The number of rotatable bonds is 6. The molecule has 1 aliphatic carbocycles. The highest BCUT2D eigenvalue weighted by Crippen LogP contribution is 2.53. The van der Waals surface area contributed by atoms with Gasteiger partial charge in [-0.25, -0.2) is 9.78 Å². The molecule has 2 amide bonds. The van der Waals surface area contributed by atoms with E-state index in [1.54, 1.807) is 0 Å². The number of benzene rings is 2. The number of hydrogen-bond acceptors (Lipinski definition) is 4. The molecule has 1 aromatic heterocycles. The maximum atomic E-state index is 13.5. The van der Waals surface area contributed by atoms with Gasteiger partial charge < -0.3 is 19.9 Å². The Kier molecular flexibility index (Phi) is 5.86. The highest BCUT2D eigenvalue weighted by Gasteiger charge is 2.56. The molecule has 7 heteroatoms. The molecule has 1 aliphatic heterocycles. The average Bonchev–Trinajstić information content (AvgIpc) is 3.28. The molecule has 2 fully saturated rings. The Balaban J connectivity index is 1.36. The lowest BCUT2D eigenvalue weighted by Crippen LogP contribution is -2.52. The largest absolute Gasteiger partial charge is 0.453 e. The minimum absolute atomic E-state index is 0.0552. The molecule has 2 aromatic carbocycles. The van der Waals surface area contributed by atoms with Crippen molar-refractivity contribution >= 4 is 12.0 Å². The number of ether oxygens (including phenoxy) is 1. The molecule has 1 saturated heterocycles. The molecule has 0 radical (unpaired) electrons. The summed E-state index contributed by atoms with van der Waals surface area (Å²) in [5, 5.41) is 2.72. The lowest BCUT2D eigenvalue weighted by Gasteiger charge is -2.31. The first-order chi connectivity index (χ1) is 16.5. The zero-order chi connectivity index (χ0) is 23.8. The number of aromatic amines is 1. The third-order valence-electron chi connectivity index (χ3n) is 6.96. The molecular weight excluding hydrogens is 428 g/mol. The van der Waals surface area contributed by atoms with E-state index >= 15 is 0 Å². The Morgan fingerprint density at radius 1 is 1.03 bits per heavy atom. The summed E-state index contributed by atoms with van der Waals surface area (Å²) in [4.78, 5) is 35.4. The number of carbonyl (C=O) groups excluding carboxylic acids is 2. The lowest BCUT2D eigenvalue weighted by atomic mass is 10.0. The van der Waals surface area contributed by atoms with Gasteiger partial charge in [0.2, 0.25) is 5.91 Å². The van der Waals surface area contributed by atoms with Crippen LogP contribution in [0.15, 0.2) is 60.8 Å². The number of nitrogens with zero attached hydrogens (tertiary/aromatic N) is 2. The third kappa shape index (κ3) is 4.18. The van der Waals surface area contributed by atoms with Crippen molar-refractivity contribution in [2.75, 3.05) is 7.11 Å². The minimum Gasteiger partial charge on any atom is -0.453 e. The zero-order valence-electron chi connectivity index (χ0n) is 19.7. The summed E-state index contributed by atoms with van der Waals surface area (Å²) in [6.07, 6.45) is 3.15. The second-order valence-corrected chi connectivity index (χ2v) is 9.54. The van der Waals surface area contributed by atoms with Gasteiger partial charge in [-0.2, -0.15) is 0 Å². The molecule has 7 nitrogen and oxygen atoms in total. The number of hydrogen-bond donors (Lipinski definition) is 2. The number of nitrogens with one attached hydrogen (secondary N) is 2. The molecular formula is C27H30N4O3. The summed E-state index contributed by atoms with van der Waals surface area (Å²) < 4.78 is 4.74. The maximum absolute atomic E-state index is 13.5. The van der Waals surface area contributed by atoms with Crippen molar-refractivity contribution in [1.29, 1.82) is 0 Å². The summed E-state index contributed by atoms with van der Waals surface area (Å²) in [5.41, 5.74) is 4.32. The van der Waals surface area contributed by atoms with Crippen LogP contribution in [-0.2, 0) is 9.53 Å². The number of imidazole rings is 1. The third-order valence-corrected chi connectivity index (χ3v) is 6.96. The number of H-pyrrole nitrogens is 1. The number of fused-ring (bicyclic) bond motifs is 1. The summed E-state index contributed by atoms with van der Waals surface area (Å²) in [6, 6.07) is 18.1. The van der Waals surface area contributed by atoms with Crippen molar-refractivity contribution in [2.24, 2.45) is 11.8 Å². The van der Waals surface area contributed by atoms with E-state index in [0.717, 1.165) is 35.5 Å². The summed E-state index contributed by atoms with van der Waals surface area (Å²) >= 11 is 0. The van der Waals surface area contributed by atoms with E-state index in [4.69, 9.17) is 4.74 Å². The van der Waals surface area contributed by atoms with Crippen molar-refractivity contribution in [1.82, 2.24) is 20.2 Å². The molecule has 4 unspecified atom stereocenters. The first-order valence-electron chi connectivity index (χ1n) is 11.8. The van der Waals surface area contributed by atoms with E-state index in [9.17, 15) is 9.59 Å². The van der Waals surface area contributed by atoms with E-state index < -0.39 is 12.1 Å². The highest BCUT2D eigenvalue weighted by atomic mass is 16.5. The second kappa shape index (κ2) is 8.97. The van der Waals surface area contributed by atoms with Crippen LogP contribution in [0.4, 0.5) is 4.79 Å². The molecule has 3 aromatic rings. The van der Waals surface area contributed by atoms with Gasteiger partial charge in [-0.3, -0.25) is 4.79 Å². The van der Waals surface area contributed by atoms with Crippen molar-refractivity contribution in [2.45, 2.75) is 44.8 Å². The fourth-order valence-electron chi connectivity index (χ4n) is 5.00. The summed E-state index contributed by atoms with van der Waals surface area (Å²) in [7, 11) is 1.31. The standard InChI is InChI=1S/C27H30N4O3/c1-16(2)24(30-27(33)34-3)26(32)31-22-13-20(22)14-23(31)25-28-15-21(29-25)19-11-9-18(10-12-19)17-7-5-4-6-8-17/h4-12,15-16,20,22-24H,13-14H2,1-3H3,(H,28,29)(H,30,33). The molecule has 176 valence electrons. The SMILES string of the molecule is COC(=O)NC(C(=O)N1C(c2ncc(-c3ccc(-c4ccccc4)cc3)[nH]2)CC2CC21)C(C)C. The first kappa shape index (κ1) is 22.2. The van der Waals surface area contributed by atoms with Crippen LogP contribution in [0.1, 0.15) is 38.6 Å². The molecule has 4 atom stereocenters. The van der Waals surface area contributed by atoms with Gasteiger partial charge in [-0.05, 0) is 41.4 Å². The van der Waals surface area contributed by atoms with Gasteiger partial charge in [0, 0.05) is 6.04 Å². The van der Waals surface area contributed by atoms with Gasteiger partial charge in [0.25, 0.3) is 0 Å². The van der Waals surface area contributed by atoms with E-state index in [1.807, 2.05) is 43.1 Å². The number of carbonyl (C=O) groups is 2. The van der Waals surface area contributed by atoms with Crippen molar-refractivity contribution < 1.29 is 14.3 Å². The van der Waals surface area contributed by atoms with Crippen LogP contribution in [0.2, 0.25) is 0 Å². The van der Waals surface area contributed by atoms with Crippen LogP contribution in [-0.4, -0.2) is 46.1 Å². The fourth-order valence-corrected chi connectivity index (χ4v) is 5.00. The van der Waals surface area contributed by atoms with E-state index in [1.165, 1.54) is 12.7 Å². The number of amides is 2. The number of methoxy groups -OCH3 is 1. The Hall–Kier alpha value is -3.61. The molecule has 0 spiro atoms. The Morgan fingerprint density at radius 2 is 1.71 bits per heavy atom. The second-order valence-electron chi connectivity index (χ2n) is 9.54. The summed E-state index contributed by atoms with van der Waals surface area (Å²) in [6.45, 7) is 3.86. The van der Waals surface area contributed by atoms with Crippen molar-refractivity contribution in [3.8, 4) is 22.4 Å². The zero-order valence-corrected chi connectivity index (χ0v) is 19.7. The normalized spacial score (nSPS) is 21.8. The molecule has 0 bridgehead atoms. The average molecular weight is 459 g/mol. The molecule has 2 N–H and O–H groups in total. The highest BCUT2D eigenvalue weighted by molar-refractivity contribution is 5.87. The van der Waals surface area contributed by atoms with Gasteiger partial charge in [0.1, 0.15) is 11.9 Å². The Labute approximate surface area is 199 Å². The van der Waals surface area contributed by atoms with Crippen LogP contribution in [0, 0.1) is 11.8 Å². The topological polar surface area (TPSA) is 87.3 Å². The summed E-state index contributed by atoms with van der Waals surface area (Å²) in [5.74, 6) is 1.17. The fraction of sp³-hybridized carbons (Fsp3) is 0.370. The van der Waals surface area contributed by atoms with E-state index in [2.05, 4.69) is 51.7 Å². The first-order valence-corrected chi connectivity index (χ1v) is 11.8. The predicted octanol–water partition coefficient (Wildman–Crippen LogP) is 4.79. The minimum atomic E-state index is -0.630. The van der Waals surface area contributed by atoms with Gasteiger partial charge in [0.15, 0.2) is 0 Å². The van der Waals surface area contributed by atoms with Gasteiger partial charge in [-0.1, -0.05) is 68.4 Å². The number of aromatic nitrogens is 2. The Bertz CT molecular complexity index is 1170. The van der Waals surface area contributed by atoms with Gasteiger partial charge in [-0.15, -0.1) is 0 Å². The molecule has 2 heterocycles.